The predicted octanol–water partition coefficient (Wildman–Crippen LogP) is 2.93. The van der Waals surface area contributed by atoms with Crippen LogP contribution >= 0.6 is 11.6 Å². The summed E-state index contributed by atoms with van der Waals surface area (Å²) in [5.74, 6) is 1.11. The van der Waals surface area contributed by atoms with Gasteiger partial charge in [0, 0.05) is 62.2 Å². The number of rotatable bonds is 5. The summed E-state index contributed by atoms with van der Waals surface area (Å²) in [6, 6.07) is 10.3. The number of aryl methyl sites for hydroxylation is 1. The van der Waals surface area contributed by atoms with Gasteiger partial charge in [-0.15, -0.1) is 0 Å². The largest absolute Gasteiger partial charge is 0.390 e. The molecule has 2 saturated heterocycles. The molecule has 2 aliphatic rings. The second-order valence-electron chi connectivity index (χ2n) is 8.87. The van der Waals surface area contributed by atoms with E-state index in [1.807, 2.05) is 19.1 Å². The Morgan fingerprint density at radius 3 is 2.43 bits per heavy atom. The van der Waals surface area contributed by atoms with Crippen molar-refractivity contribution in [1.82, 2.24) is 19.8 Å². The molecule has 0 spiro atoms. The Bertz CT molecular complexity index is 851. The third-order valence-electron chi connectivity index (χ3n) is 6.19. The first-order chi connectivity index (χ1) is 14.4. The molecule has 1 N–H and O–H groups in total. The van der Waals surface area contributed by atoms with Crippen LogP contribution in [-0.4, -0.2) is 76.3 Å². The lowest BCUT2D eigenvalue weighted by molar-refractivity contribution is 0.0424. The minimum absolute atomic E-state index is 0.134. The highest BCUT2D eigenvalue weighted by Crippen LogP contribution is 2.24. The molecule has 7 heteroatoms. The fourth-order valence-electron chi connectivity index (χ4n) is 4.41. The maximum atomic E-state index is 10.8. The van der Waals surface area contributed by atoms with Gasteiger partial charge in [-0.2, -0.15) is 0 Å². The molecule has 0 unspecified atom stereocenters. The Balaban J connectivity index is 1.35. The number of nitrogens with zero attached hydrogens (tertiary/aromatic N) is 5. The average Bonchev–Trinajstić information content (AvgIpc) is 3.11. The number of hydrogen-bond acceptors (Lipinski definition) is 6. The summed E-state index contributed by atoms with van der Waals surface area (Å²) in [7, 11) is 0. The lowest BCUT2D eigenvalue weighted by atomic mass is 10.1. The molecule has 1 aromatic heterocycles. The molecule has 1 aromatic carbocycles. The number of piperazine rings is 1. The zero-order valence-electron chi connectivity index (χ0n) is 18.1. The van der Waals surface area contributed by atoms with E-state index in [1.54, 1.807) is 0 Å². The Morgan fingerprint density at radius 2 is 1.77 bits per heavy atom. The zero-order chi connectivity index (χ0) is 21.3. The van der Waals surface area contributed by atoms with Crippen LogP contribution < -0.4 is 4.90 Å². The molecule has 2 aromatic rings. The predicted molar refractivity (Wildman–Crippen MR) is 121 cm³/mol. The van der Waals surface area contributed by atoms with Gasteiger partial charge in [-0.1, -0.05) is 37.6 Å². The van der Waals surface area contributed by atoms with Crippen molar-refractivity contribution in [2.75, 3.05) is 44.2 Å². The second kappa shape index (κ2) is 9.18. The van der Waals surface area contributed by atoms with Crippen LogP contribution in [0.3, 0.4) is 0 Å². The van der Waals surface area contributed by atoms with Gasteiger partial charge in [0.15, 0.2) is 0 Å². The summed E-state index contributed by atoms with van der Waals surface area (Å²) in [5.41, 5.74) is 3.33. The molecular formula is C23H32ClN5O. The SMILES string of the molecule is Cc1cc(C(C)C)nc(N2C[C@@H](O)[C@H](N3CCN(Cc4ccc(Cl)cc4)CC3)C2)n1. The molecule has 6 nitrogen and oxygen atoms in total. The van der Waals surface area contributed by atoms with Crippen molar-refractivity contribution in [3.8, 4) is 0 Å². The van der Waals surface area contributed by atoms with Crippen LogP contribution in [0.15, 0.2) is 30.3 Å². The van der Waals surface area contributed by atoms with E-state index in [0.717, 1.165) is 61.6 Å². The van der Waals surface area contributed by atoms with E-state index < -0.39 is 0 Å². The number of hydrogen-bond donors (Lipinski definition) is 1. The van der Waals surface area contributed by atoms with Crippen molar-refractivity contribution >= 4 is 17.5 Å². The average molecular weight is 430 g/mol. The van der Waals surface area contributed by atoms with Crippen LogP contribution in [-0.2, 0) is 6.54 Å². The van der Waals surface area contributed by atoms with E-state index in [9.17, 15) is 5.11 Å². The molecule has 0 radical (unpaired) electrons. The molecule has 2 atom stereocenters. The van der Waals surface area contributed by atoms with Crippen molar-refractivity contribution in [2.45, 2.75) is 45.4 Å². The van der Waals surface area contributed by atoms with Crippen molar-refractivity contribution < 1.29 is 5.11 Å². The van der Waals surface area contributed by atoms with Crippen molar-refractivity contribution in [3.05, 3.63) is 52.3 Å². The lowest BCUT2D eigenvalue weighted by Gasteiger charge is -2.38. The molecule has 2 aliphatic heterocycles. The van der Waals surface area contributed by atoms with Crippen molar-refractivity contribution in [1.29, 1.82) is 0 Å². The minimum Gasteiger partial charge on any atom is -0.390 e. The summed E-state index contributed by atoms with van der Waals surface area (Å²) in [6.45, 7) is 12.6. The van der Waals surface area contributed by atoms with Gasteiger partial charge in [0.05, 0.1) is 12.1 Å². The van der Waals surface area contributed by atoms with E-state index >= 15 is 0 Å². The fraction of sp³-hybridized carbons (Fsp3) is 0.565. The van der Waals surface area contributed by atoms with Crippen LogP contribution in [0.25, 0.3) is 0 Å². The summed E-state index contributed by atoms with van der Waals surface area (Å²) in [6.07, 6.45) is -0.376. The Kier molecular flexibility index (Phi) is 6.58. The molecule has 2 fully saturated rings. The monoisotopic (exact) mass is 429 g/mol. The number of halogens is 1. The number of aromatic nitrogens is 2. The minimum atomic E-state index is -0.376. The quantitative estimate of drug-likeness (QED) is 0.788. The lowest BCUT2D eigenvalue weighted by Crippen LogP contribution is -2.53. The van der Waals surface area contributed by atoms with Gasteiger partial charge in [0.2, 0.25) is 5.95 Å². The second-order valence-corrected chi connectivity index (χ2v) is 9.30. The standard InChI is InChI=1S/C23H32ClN5O/c1-16(2)20-12-17(3)25-23(26-20)29-14-21(22(30)15-29)28-10-8-27(9-11-28)13-18-4-6-19(24)7-5-18/h4-7,12,16,21-22,30H,8-11,13-15H2,1-3H3/t21-,22-/m1/s1. The van der Waals surface area contributed by atoms with Crippen LogP contribution in [0, 0.1) is 6.92 Å². The molecule has 162 valence electrons. The zero-order valence-corrected chi connectivity index (χ0v) is 18.9. The van der Waals surface area contributed by atoms with E-state index in [0.29, 0.717) is 12.5 Å². The molecule has 4 rings (SSSR count). The van der Waals surface area contributed by atoms with Gasteiger partial charge in [-0.25, -0.2) is 9.97 Å². The number of aliphatic hydroxyl groups excluding tert-OH is 1. The van der Waals surface area contributed by atoms with Gasteiger partial charge in [-0.3, -0.25) is 9.80 Å². The number of benzene rings is 1. The van der Waals surface area contributed by atoms with Gasteiger partial charge >= 0.3 is 0 Å². The third-order valence-corrected chi connectivity index (χ3v) is 6.44. The first kappa shape index (κ1) is 21.5. The van der Waals surface area contributed by atoms with E-state index in [2.05, 4.69) is 51.7 Å². The smallest absolute Gasteiger partial charge is 0.225 e. The maximum absolute atomic E-state index is 10.8. The number of aliphatic hydroxyl groups is 1. The topological polar surface area (TPSA) is 55.7 Å². The van der Waals surface area contributed by atoms with E-state index in [-0.39, 0.29) is 12.1 Å². The summed E-state index contributed by atoms with van der Waals surface area (Å²) < 4.78 is 0. The first-order valence-electron chi connectivity index (χ1n) is 10.9. The fourth-order valence-corrected chi connectivity index (χ4v) is 4.53. The van der Waals surface area contributed by atoms with E-state index in [4.69, 9.17) is 16.6 Å². The molecular weight excluding hydrogens is 398 g/mol. The number of anilines is 1. The van der Waals surface area contributed by atoms with Crippen LogP contribution in [0.2, 0.25) is 5.02 Å². The van der Waals surface area contributed by atoms with Gasteiger partial charge in [-0.05, 0) is 36.6 Å². The highest BCUT2D eigenvalue weighted by atomic mass is 35.5. The van der Waals surface area contributed by atoms with Crippen LogP contribution in [0.4, 0.5) is 5.95 Å². The summed E-state index contributed by atoms with van der Waals surface area (Å²) in [5, 5.41) is 11.6. The normalized spacial score (nSPS) is 23.5. The van der Waals surface area contributed by atoms with Crippen LogP contribution in [0.5, 0.6) is 0 Å². The summed E-state index contributed by atoms with van der Waals surface area (Å²) in [4.78, 5) is 16.5. The summed E-state index contributed by atoms with van der Waals surface area (Å²) >= 11 is 5.99. The van der Waals surface area contributed by atoms with Gasteiger partial charge in [0.25, 0.3) is 0 Å². The van der Waals surface area contributed by atoms with Crippen LogP contribution in [0.1, 0.15) is 36.7 Å². The maximum Gasteiger partial charge on any atom is 0.225 e. The molecule has 0 amide bonds. The number of β-amino-alcohol motifs (C(OH)–C–C–N with tert-alkyl or cyclic N) is 1. The van der Waals surface area contributed by atoms with Crippen molar-refractivity contribution in [3.63, 3.8) is 0 Å². The molecule has 0 bridgehead atoms. The molecule has 30 heavy (non-hydrogen) atoms. The highest BCUT2D eigenvalue weighted by molar-refractivity contribution is 6.30. The Morgan fingerprint density at radius 1 is 1.07 bits per heavy atom. The third kappa shape index (κ3) is 4.94. The first-order valence-corrected chi connectivity index (χ1v) is 11.3. The molecule has 0 saturated carbocycles. The highest BCUT2D eigenvalue weighted by Gasteiger charge is 2.38. The Labute approximate surface area is 184 Å². The van der Waals surface area contributed by atoms with Crippen molar-refractivity contribution in [2.24, 2.45) is 0 Å². The van der Waals surface area contributed by atoms with Gasteiger partial charge < -0.3 is 10.0 Å². The Hall–Kier alpha value is -1.73. The molecule has 0 aliphatic carbocycles. The molecule has 3 heterocycles. The van der Waals surface area contributed by atoms with E-state index in [1.165, 1.54) is 5.56 Å². The van der Waals surface area contributed by atoms with Gasteiger partial charge in [0.1, 0.15) is 0 Å².